The summed E-state index contributed by atoms with van der Waals surface area (Å²) in [6, 6.07) is 8.31. The molecule has 2 rings (SSSR count). The standard InChI is InChI=1S/C13H16O3/c1-16-12(13(14)15)8-9-6-10-4-2-3-5-11(10)7-9/h2-5,9,12H,6-8H2,1H3,(H,14,15). The lowest BCUT2D eigenvalue weighted by Crippen LogP contribution is -2.25. The number of rotatable bonds is 4. The Labute approximate surface area is 95.0 Å². The quantitative estimate of drug-likeness (QED) is 0.842. The minimum Gasteiger partial charge on any atom is -0.479 e. The van der Waals surface area contributed by atoms with Crippen molar-refractivity contribution in [3.8, 4) is 0 Å². The van der Waals surface area contributed by atoms with E-state index in [2.05, 4.69) is 12.1 Å². The topological polar surface area (TPSA) is 46.5 Å². The highest BCUT2D eigenvalue weighted by molar-refractivity contribution is 5.72. The molecule has 1 aliphatic rings. The fraction of sp³-hybridized carbons (Fsp3) is 0.462. The summed E-state index contributed by atoms with van der Waals surface area (Å²) in [6.45, 7) is 0. The molecule has 3 nitrogen and oxygen atoms in total. The van der Waals surface area contributed by atoms with Crippen molar-refractivity contribution >= 4 is 5.97 Å². The zero-order valence-electron chi connectivity index (χ0n) is 9.35. The third-order valence-electron chi connectivity index (χ3n) is 3.24. The van der Waals surface area contributed by atoms with Gasteiger partial charge in [0.25, 0.3) is 0 Å². The van der Waals surface area contributed by atoms with Gasteiger partial charge in [-0.25, -0.2) is 4.79 Å². The van der Waals surface area contributed by atoms with Gasteiger partial charge in [-0.15, -0.1) is 0 Å². The van der Waals surface area contributed by atoms with E-state index in [1.54, 1.807) is 0 Å². The average molecular weight is 220 g/mol. The Bertz CT molecular complexity index is 362. The van der Waals surface area contributed by atoms with Crippen molar-refractivity contribution in [3.63, 3.8) is 0 Å². The fourth-order valence-corrected chi connectivity index (χ4v) is 2.42. The number of carboxylic acid groups (broad SMARTS) is 1. The Balaban J connectivity index is 1.99. The van der Waals surface area contributed by atoms with Gasteiger partial charge in [-0.05, 0) is 36.3 Å². The first-order valence-corrected chi connectivity index (χ1v) is 5.53. The predicted octanol–water partition coefficient (Wildman–Crippen LogP) is 1.89. The van der Waals surface area contributed by atoms with Gasteiger partial charge in [0.15, 0.2) is 6.10 Å². The van der Waals surface area contributed by atoms with Crippen LogP contribution < -0.4 is 0 Å². The Hall–Kier alpha value is -1.35. The molecular weight excluding hydrogens is 204 g/mol. The van der Waals surface area contributed by atoms with Crippen LogP contribution in [0.15, 0.2) is 24.3 Å². The fourth-order valence-electron chi connectivity index (χ4n) is 2.42. The zero-order chi connectivity index (χ0) is 11.5. The Morgan fingerprint density at radius 3 is 2.44 bits per heavy atom. The monoisotopic (exact) mass is 220 g/mol. The molecule has 1 N–H and O–H groups in total. The first kappa shape index (κ1) is 11.1. The molecule has 1 aromatic rings. The first-order valence-electron chi connectivity index (χ1n) is 5.53. The summed E-state index contributed by atoms with van der Waals surface area (Å²) >= 11 is 0. The Morgan fingerprint density at radius 1 is 1.44 bits per heavy atom. The molecule has 0 saturated heterocycles. The van der Waals surface area contributed by atoms with E-state index in [1.165, 1.54) is 18.2 Å². The minimum atomic E-state index is -0.863. The molecule has 0 spiro atoms. The highest BCUT2D eigenvalue weighted by Crippen LogP contribution is 2.29. The van der Waals surface area contributed by atoms with Crippen molar-refractivity contribution in [2.75, 3.05) is 7.11 Å². The second kappa shape index (κ2) is 4.66. The van der Waals surface area contributed by atoms with Gasteiger partial charge in [-0.3, -0.25) is 0 Å². The van der Waals surface area contributed by atoms with Gasteiger partial charge in [0.1, 0.15) is 0 Å². The number of carbonyl (C=O) groups is 1. The maximum Gasteiger partial charge on any atom is 0.332 e. The van der Waals surface area contributed by atoms with Gasteiger partial charge >= 0.3 is 5.97 Å². The summed E-state index contributed by atoms with van der Waals surface area (Å²) in [4.78, 5) is 10.9. The van der Waals surface area contributed by atoms with E-state index in [9.17, 15) is 4.79 Å². The van der Waals surface area contributed by atoms with Crippen LogP contribution in [0, 0.1) is 5.92 Å². The molecule has 1 aromatic carbocycles. The number of carboxylic acids is 1. The molecule has 1 aliphatic carbocycles. The van der Waals surface area contributed by atoms with Crippen LogP contribution >= 0.6 is 0 Å². The van der Waals surface area contributed by atoms with Crippen molar-refractivity contribution in [1.82, 2.24) is 0 Å². The van der Waals surface area contributed by atoms with Crippen molar-refractivity contribution < 1.29 is 14.6 Å². The van der Waals surface area contributed by atoms with Gasteiger partial charge in [-0.1, -0.05) is 24.3 Å². The molecule has 1 atom stereocenters. The number of fused-ring (bicyclic) bond motifs is 1. The van der Waals surface area contributed by atoms with Gasteiger partial charge in [0, 0.05) is 7.11 Å². The van der Waals surface area contributed by atoms with E-state index in [4.69, 9.17) is 9.84 Å². The molecule has 0 heterocycles. The van der Waals surface area contributed by atoms with Gasteiger partial charge < -0.3 is 9.84 Å². The lowest BCUT2D eigenvalue weighted by molar-refractivity contribution is -0.149. The van der Waals surface area contributed by atoms with Crippen molar-refractivity contribution in [1.29, 1.82) is 0 Å². The first-order chi connectivity index (χ1) is 7.70. The molecular formula is C13H16O3. The number of hydrogen-bond donors (Lipinski definition) is 1. The number of hydrogen-bond acceptors (Lipinski definition) is 2. The summed E-state index contributed by atoms with van der Waals surface area (Å²) in [5.41, 5.74) is 2.71. The molecule has 1 unspecified atom stereocenters. The predicted molar refractivity (Wildman–Crippen MR) is 60.4 cm³/mol. The van der Waals surface area contributed by atoms with E-state index >= 15 is 0 Å². The highest BCUT2D eigenvalue weighted by Gasteiger charge is 2.27. The summed E-state index contributed by atoms with van der Waals surface area (Å²) < 4.78 is 4.97. The number of aliphatic carboxylic acids is 1. The van der Waals surface area contributed by atoms with Crippen molar-refractivity contribution in [3.05, 3.63) is 35.4 Å². The smallest absolute Gasteiger partial charge is 0.332 e. The summed E-state index contributed by atoms with van der Waals surface area (Å²) in [5.74, 6) is -0.461. The molecule has 3 heteroatoms. The van der Waals surface area contributed by atoms with Crippen LogP contribution in [0.5, 0.6) is 0 Å². The molecule has 0 aromatic heterocycles. The van der Waals surface area contributed by atoms with Gasteiger partial charge in [0.05, 0.1) is 0 Å². The summed E-state index contributed by atoms with van der Waals surface area (Å²) in [6.07, 6.45) is 1.88. The number of methoxy groups -OCH3 is 1. The average Bonchev–Trinajstić information content (AvgIpc) is 2.67. The van der Waals surface area contributed by atoms with E-state index in [-0.39, 0.29) is 0 Å². The van der Waals surface area contributed by atoms with Crippen LogP contribution in [0.2, 0.25) is 0 Å². The molecule has 0 aliphatic heterocycles. The zero-order valence-corrected chi connectivity index (χ0v) is 9.35. The van der Waals surface area contributed by atoms with Crippen LogP contribution in [0.25, 0.3) is 0 Å². The SMILES string of the molecule is COC(CC1Cc2ccccc2C1)C(=O)O. The van der Waals surface area contributed by atoms with Crippen LogP contribution in [-0.2, 0) is 22.4 Å². The second-order valence-corrected chi connectivity index (χ2v) is 4.34. The molecule has 0 saturated carbocycles. The molecule has 86 valence electrons. The van der Waals surface area contributed by atoms with E-state index in [0.29, 0.717) is 12.3 Å². The summed E-state index contributed by atoms with van der Waals surface area (Å²) in [5, 5.41) is 8.93. The summed E-state index contributed by atoms with van der Waals surface area (Å²) in [7, 11) is 1.46. The molecule has 0 radical (unpaired) electrons. The lowest BCUT2D eigenvalue weighted by Gasteiger charge is -2.14. The third kappa shape index (κ3) is 2.25. The normalized spacial score (nSPS) is 17.1. The minimum absolute atomic E-state index is 0.401. The largest absolute Gasteiger partial charge is 0.479 e. The lowest BCUT2D eigenvalue weighted by atomic mass is 9.98. The molecule has 0 bridgehead atoms. The van der Waals surface area contributed by atoms with Gasteiger partial charge in [-0.2, -0.15) is 0 Å². The highest BCUT2D eigenvalue weighted by atomic mass is 16.5. The Morgan fingerprint density at radius 2 is 2.00 bits per heavy atom. The molecule has 0 amide bonds. The van der Waals surface area contributed by atoms with Crippen LogP contribution in [0.1, 0.15) is 17.5 Å². The van der Waals surface area contributed by atoms with Crippen LogP contribution in [0.3, 0.4) is 0 Å². The maximum absolute atomic E-state index is 10.9. The van der Waals surface area contributed by atoms with Gasteiger partial charge in [0.2, 0.25) is 0 Å². The molecule has 16 heavy (non-hydrogen) atoms. The molecule has 0 fully saturated rings. The van der Waals surface area contributed by atoms with E-state index in [0.717, 1.165) is 12.8 Å². The van der Waals surface area contributed by atoms with Crippen molar-refractivity contribution in [2.45, 2.75) is 25.4 Å². The van der Waals surface area contributed by atoms with Crippen LogP contribution in [-0.4, -0.2) is 24.3 Å². The van der Waals surface area contributed by atoms with E-state index in [1.807, 2.05) is 12.1 Å². The number of benzene rings is 1. The maximum atomic E-state index is 10.9. The van der Waals surface area contributed by atoms with Crippen molar-refractivity contribution in [2.24, 2.45) is 5.92 Å². The Kier molecular flexibility index (Phi) is 3.25. The number of ether oxygens (including phenoxy) is 1. The van der Waals surface area contributed by atoms with E-state index < -0.39 is 12.1 Å². The van der Waals surface area contributed by atoms with Crippen LogP contribution in [0.4, 0.5) is 0 Å². The third-order valence-corrected chi connectivity index (χ3v) is 3.24. The second-order valence-electron chi connectivity index (χ2n) is 4.34.